The van der Waals surface area contributed by atoms with Crippen LogP contribution in [0.15, 0.2) is 36.4 Å². The second-order valence-corrected chi connectivity index (χ2v) is 7.09. The van der Waals surface area contributed by atoms with Crippen LogP contribution in [-0.2, 0) is 19.4 Å². The van der Waals surface area contributed by atoms with Crippen LogP contribution in [0.4, 0.5) is 0 Å². The lowest BCUT2D eigenvalue weighted by Gasteiger charge is -2.11. The van der Waals surface area contributed by atoms with Gasteiger partial charge < -0.3 is 15.8 Å². The Bertz CT molecular complexity index is 768. The summed E-state index contributed by atoms with van der Waals surface area (Å²) in [7, 11) is 0. The van der Waals surface area contributed by atoms with Crippen LogP contribution in [0.2, 0.25) is 0 Å². The average molecular weight is 338 g/mol. The fourth-order valence-corrected chi connectivity index (χ4v) is 3.08. The largest absolute Gasteiger partial charge is 0.457 e. The van der Waals surface area contributed by atoms with Gasteiger partial charge in [0.1, 0.15) is 11.5 Å². The third-order valence-corrected chi connectivity index (χ3v) is 4.58. The van der Waals surface area contributed by atoms with Gasteiger partial charge in [0.15, 0.2) is 0 Å². The van der Waals surface area contributed by atoms with E-state index in [2.05, 4.69) is 31.3 Å². The standard InChI is InChI=1S/C21H26N2O2/c1-14(2)9-10-23-13-15-3-7-19-16(11-15)4-5-17-12-18(21(22)24)6-8-20(17)25-19/h3,6-8,11-12,14,23H,4-5,9-10,13H2,1-2H3,(H2,22,24). The topological polar surface area (TPSA) is 64.3 Å². The van der Waals surface area contributed by atoms with Crippen molar-refractivity contribution in [3.8, 4) is 11.5 Å². The van der Waals surface area contributed by atoms with Crippen molar-refractivity contribution in [2.75, 3.05) is 6.54 Å². The van der Waals surface area contributed by atoms with Gasteiger partial charge in [0, 0.05) is 12.1 Å². The molecular formula is C21H26N2O2. The van der Waals surface area contributed by atoms with Gasteiger partial charge in [0.05, 0.1) is 0 Å². The fourth-order valence-electron chi connectivity index (χ4n) is 3.08. The summed E-state index contributed by atoms with van der Waals surface area (Å²) in [6.45, 7) is 6.39. The molecule has 0 radical (unpaired) electrons. The summed E-state index contributed by atoms with van der Waals surface area (Å²) in [5, 5.41) is 3.50. The summed E-state index contributed by atoms with van der Waals surface area (Å²) in [6.07, 6.45) is 2.92. The number of hydrogen-bond acceptors (Lipinski definition) is 3. The summed E-state index contributed by atoms with van der Waals surface area (Å²) in [5.74, 6) is 2.03. The van der Waals surface area contributed by atoms with Crippen molar-refractivity contribution in [3.05, 3.63) is 58.7 Å². The number of carbonyl (C=O) groups is 1. The van der Waals surface area contributed by atoms with Gasteiger partial charge in [-0.05, 0) is 72.7 Å². The molecule has 132 valence electrons. The molecule has 0 spiro atoms. The fraction of sp³-hybridized carbons (Fsp3) is 0.381. The molecule has 2 aromatic rings. The Hall–Kier alpha value is -2.33. The van der Waals surface area contributed by atoms with Gasteiger partial charge in [-0.15, -0.1) is 0 Å². The average Bonchev–Trinajstić information content (AvgIpc) is 2.76. The van der Waals surface area contributed by atoms with Crippen molar-refractivity contribution in [1.29, 1.82) is 0 Å². The van der Waals surface area contributed by atoms with Gasteiger partial charge in [-0.1, -0.05) is 26.0 Å². The first kappa shape index (κ1) is 17.5. The van der Waals surface area contributed by atoms with Crippen LogP contribution >= 0.6 is 0 Å². The van der Waals surface area contributed by atoms with E-state index in [0.717, 1.165) is 48.9 Å². The van der Waals surface area contributed by atoms with Gasteiger partial charge >= 0.3 is 0 Å². The minimum Gasteiger partial charge on any atom is -0.457 e. The molecule has 0 saturated carbocycles. The van der Waals surface area contributed by atoms with Crippen molar-refractivity contribution < 1.29 is 9.53 Å². The Kier molecular flexibility index (Phi) is 5.39. The predicted molar refractivity (Wildman–Crippen MR) is 100 cm³/mol. The van der Waals surface area contributed by atoms with Crippen molar-refractivity contribution in [1.82, 2.24) is 5.32 Å². The number of nitrogens with one attached hydrogen (secondary N) is 1. The maximum Gasteiger partial charge on any atom is 0.248 e. The number of aryl methyl sites for hydroxylation is 2. The number of primary amides is 1. The Labute approximate surface area is 149 Å². The highest BCUT2D eigenvalue weighted by molar-refractivity contribution is 5.93. The summed E-state index contributed by atoms with van der Waals surface area (Å²) in [4.78, 5) is 11.4. The predicted octanol–water partition coefficient (Wildman–Crippen LogP) is 3.81. The van der Waals surface area contributed by atoms with Crippen LogP contribution in [0, 0.1) is 5.92 Å². The number of nitrogens with two attached hydrogens (primary N) is 1. The molecule has 2 aromatic carbocycles. The van der Waals surface area contributed by atoms with Gasteiger partial charge in [-0.25, -0.2) is 0 Å². The minimum absolute atomic E-state index is 0.403. The zero-order chi connectivity index (χ0) is 17.8. The molecule has 4 nitrogen and oxygen atoms in total. The maximum absolute atomic E-state index is 11.4. The highest BCUT2D eigenvalue weighted by Gasteiger charge is 2.16. The van der Waals surface area contributed by atoms with E-state index in [1.54, 1.807) is 6.07 Å². The first-order chi connectivity index (χ1) is 12.0. The van der Waals surface area contributed by atoms with E-state index in [-0.39, 0.29) is 0 Å². The molecule has 0 saturated heterocycles. The number of fused-ring (bicyclic) bond motifs is 2. The Balaban J connectivity index is 1.71. The Morgan fingerprint density at radius 2 is 1.80 bits per heavy atom. The van der Waals surface area contributed by atoms with Crippen molar-refractivity contribution in [3.63, 3.8) is 0 Å². The van der Waals surface area contributed by atoms with Crippen molar-refractivity contribution >= 4 is 5.91 Å². The molecule has 1 aliphatic rings. The molecule has 1 heterocycles. The monoisotopic (exact) mass is 338 g/mol. The van der Waals surface area contributed by atoms with Gasteiger partial charge in [0.25, 0.3) is 0 Å². The van der Waals surface area contributed by atoms with E-state index < -0.39 is 5.91 Å². The SMILES string of the molecule is CC(C)CCNCc1ccc2c(c1)CCc1cc(C(N)=O)ccc1O2. The highest BCUT2D eigenvalue weighted by atomic mass is 16.5. The van der Waals surface area contributed by atoms with E-state index in [1.165, 1.54) is 17.5 Å². The molecule has 3 rings (SSSR count). The smallest absolute Gasteiger partial charge is 0.248 e. The van der Waals surface area contributed by atoms with Crippen LogP contribution in [0.1, 0.15) is 47.3 Å². The number of carbonyl (C=O) groups excluding carboxylic acids is 1. The zero-order valence-corrected chi connectivity index (χ0v) is 15.0. The molecule has 0 aliphatic carbocycles. The first-order valence-corrected chi connectivity index (χ1v) is 8.96. The van der Waals surface area contributed by atoms with Crippen LogP contribution in [-0.4, -0.2) is 12.5 Å². The first-order valence-electron chi connectivity index (χ1n) is 8.96. The molecule has 0 aromatic heterocycles. The number of rotatable bonds is 6. The molecule has 0 bridgehead atoms. The van der Waals surface area contributed by atoms with E-state index in [4.69, 9.17) is 10.5 Å². The van der Waals surface area contributed by atoms with Gasteiger partial charge in [0.2, 0.25) is 5.91 Å². The maximum atomic E-state index is 11.4. The summed E-state index contributed by atoms with van der Waals surface area (Å²) >= 11 is 0. The molecular weight excluding hydrogens is 312 g/mol. The van der Waals surface area contributed by atoms with Crippen molar-refractivity contribution in [2.24, 2.45) is 11.7 Å². The van der Waals surface area contributed by atoms with Crippen LogP contribution in [0.5, 0.6) is 11.5 Å². The third-order valence-electron chi connectivity index (χ3n) is 4.58. The number of amides is 1. The molecule has 1 aliphatic heterocycles. The lowest BCUT2D eigenvalue weighted by Crippen LogP contribution is -2.16. The number of benzene rings is 2. The van der Waals surface area contributed by atoms with Crippen LogP contribution in [0.25, 0.3) is 0 Å². The summed E-state index contributed by atoms with van der Waals surface area (Å²) < 4.78 is 6.08. The second-order valence-electron chi connectivity index (χ2n) is 7.09. The Morgan fingerprint density at radius 1 is 1.12 bits per heavy atom. The highest BCUT2D eigenvalue weighted by Crippen LogP contribution is 2.34. The molecule has 4 heteroatoms. The van der Waals surface area contributed by atoms with E-state index in [9.17, 15) is 4.79 Å². The van der Waals surface area contributed by atoms with Crippen LogP contribution in [0.3, 0.4) is 0 Å². The third kappa shape index (κ3) is 4.40. The van der Waals surface area contributed by atoms with E-state index >= 15 is 0 Å². The quantitative estimate of drug-likeness (QED) is 0.787. The van der Waals surface area contributed by atoms with Gasteiger partial charge in [-0.2, -0.15) is 0 Å². The molecule has 0 fully saturated rings. The van der Waals surface area contributed by atoms with E-state index in [0.29, 0.717) is 5.56 Å². The second kappa shape index (κ2) is 7.70. The molecule has 0 atom stereocenters. The van der Waals surface area contributed by atoms with Gasteiger partial charge in [-0.3, -0.25) is 4.79 Å². The lowest BCUT2D eigenvalue weighted by molar-refractivity contribution is 0.1000. The molecule has 3 N–H and O–H groups in total. The summed E-state index contributed by atoms with van der Waals surface area (Å²) in [5.41, 5.74) is 9.42. The minimum atomic E-state index is -0.403. The zero-order valence-electron chi connectivity index (χ0n) is 15.0. The number of hydrogen-bond donors (Lipinski definition) is 2. The molecule has 25 heavy (non-hydrogen) atoms. The molecule has 1 amide bonds. The van der Waals surface area contributed by atoms with Crippen molar-refractivity contribution in [2.45, 2.75) is 39.7 Å². The molecule has 0 unspecified atom stereocenters. The normalized spacial score (nSPS) is 12.9. The summed E-state index contributed by atoms with van der Waals surface area (Å²) in [6, 6.07) is 11.8. The lowest BCUT2D eigenvalue weighted by atomic mass is 10.0. The van der Waals surface area contributed by atoms with E-state index in [1.807, 2.05) is 18.2 Å². The Morgan fingerprint density at radius 3 is 2.48 bits per heavy atom. The number of ether oxygens (including phenoxy) is 1. The van der Waals surface area contributed by atoms with Crippen LogP contribution < -0.4 is 15.8 Å².